The van der Waals surface area contributed by atoms with Gasteiger partial charge in [-0.15, -0.1) is 0 Å². The zero-order valence-electron chi connectivity index (χ0n) is 11.5. The third-order valence-corrected chi connectivity index (χ3v) is 4.61. The normalized spacial score (nSPS) is 24.9. The maximum absolute atomic E-state index is 13.0. The Labute approximate surface area is 126 Å². The number of halogens is 5. The molecule has 0 heterocycles. The van der Waals surface area contributed by atoms with E-state index in [9.17, 15) is 17.6 Å². The second-order valence-electron chi connectivity index (χ2n) is 5.77. The molecule has 2 rings (SSSR count). The molecule has 0 saturated heterocycles. The average Bonchev–Trinajstić information content (AvgIpc) is 2.41. The molecule has 1 aliphatic rings. The maximum atomic E-state index is 13.0. The Morgan fingerprint density at radius 2 is 2.00 bits per heavy atom. The Balaban J connectivity index is 2.01. The number of alkyl halides is 3. The van der Waals surface area contributed by atoms with E-state index in [1.54, 1.807) is 6.07 Å². The van der Waals surface area contributed by atoms with Crippen molar-refractivity contribution in [3.05, 3.63) is 34.6 Å². The molecule has 1 nitrogen and oxygen atoms in total. The maximum Gasteiger partial charge on any atom is 0.391 e. The summed E-state index contributed by atoms with van der Waals surface area (Å²) in [4.78, 5) is 0. The van der Waals surface area contributed by atoms with Crippen LogP contribution in [0.25, 0.3) is 0 Å². The van der Waals surface area contributed by atoms with E-state index < -0.39 is 24.0 Å². The van der Waals surface area contributed by atoms with Crippen molar-refractivity contribution in [2.45, 2.75) is 44.3 Å². The van der Waals surface area contributed by atoms with Gasteiger partial charge in [0.05, 0.1) is 5.92 Å². The van der Waals surface area contributed by atoms with Gasteiger partial charge in [0, 0.05) is 11.1 Å². The highest BCUT2D eigenvalue weighted by Gasteiger charge is 2.43. The quantitative estimate of drug-likeness (QED) is 0.800. The first-order valence-electron chi connectivity index (χ1n) is 7.03. The van der Waals surface area contributed by atoms with Gasteiger partial charge in [0.2, 0.25) is 0 Å². The van der Waals surface area contributed by atoms with Gasteiger partial charge in [0.1, 0.15) is 5.82 Å². The first-order valence-corrected chi connectivity index (χ1v) is 7.41. The van der Waals surface area contributed by atoms with E-state index in [-0.39, 0.29) is 23.8 Å². The fourth-order valence-corrected chi connectivity index (χ4v) is 3.27. The topological polar surface area (TPSA) is 26.0 Å². The molecular weight excluding hydrogens is 306 g/mol. The predicted molar refractivity (Wildman–Crippen MR) is 74.6 cm³/mol. The van der Waals surface area contributed by atoms with Gasteiger partial charge < -0.3 is 5.73 Å². The molecule has 3 unspecified atom stereocenters. The third kappa shape index (κ3) is 4.33. The SMILES string of the molecule is NC(Cc1ccc(F)cc1Cl)C1CCCC(C(F)(F)F)C1. The predicted octanol–water partition coefficient (Wildman–Crippen LogP) is 4.72. The summed E-state index contributed by atoms with van der Waals surface area (Å²) in [7, 11) is 0. The molecule has 1 aromatic carbocycles. The first-order chi connectivity index (χ1) is 9.77. The molecular formula is C15H18ClF4N. The van der Waals surface area contributed by atoms with Crippen LogP contribution in [0.5, 0.6) is 0 Å². The van der Waals surface area contributed by atoms with Crippen LogP contribution in [0.4, 0.5) is 17.6 Å². The van der Waals surface area contributed by atoms with Crippen LogP contribution in [0.2, 0.25) is 5.02 Å². The molecule has 3 atom stereocenters. The minimum atomic E-state index is -4.15. The fraction of sp³-hybridized carbons (Fsp3) is 0.600. The molecule has 0 spiro atoms. The van der Waals surface area contributed by atoms with Crippen molar-refractivity contribution in [3.63, 3.8) is 0 Å². The van der Waals surface area contributed by atoms with Crippen molar-refractivity contribution < 1.29 is 17.6 Å². The molecule has 1 saturated carbocycles. The van der Waals surface area contributed by atoms with E-state index in [2.05, 4.69) is 0 Å². The summed E-state index contributed by atoms with van der Waals surface area (Å²) in [6.45, 7) is 0. The zero-order valence-corrected chi connectivity index (χ0v) is 12.2. The standard InChI is InChI=1S/C15H18ClF4N/c16-13-8-12(17)5-4-9(13)7-14(21)10-2-1-3-11(6-10)15(18,19)20/h4-5,8,10-11,14H,1-3,6-7,21H2. The molecule has 1 aliphatic carbocycles. The van der Waals surface area contributed by atoms with E-state index >= 15 is 0 Å². The third-order valence-electron chi connectivity index (χ3n) is 4.25. The highest BCUT2D eigenvalue weighted by atomic mass is 35.5. The van der Waals surface area contributed by atoms with Crippen molar-refractivity contribution in [2.24, 2.45) is 17.6 Å². The van der Waals surface area contributed by atoms with Crippen LogP contribution >= 0.6 is 11.6 Å². The molecule has 0 bridgehead atoms. The van der Waals surface area contributed by atoms with Gasteiger partial charge in [0.15, 0.2) is 0 Å². The Morgan fingerprint density at radius 1 is 1.29 bits per heavy atom. The van der Waals surface area contributed by atoms with Crippen molar-refractivity contribution in [2.75, 3.05) is 0 Å². The van der Waals surface area contributed by atoms with E-state index in [0.717, 1.165) is 0 Å². The minimum Gasteiger partial charge on any atom is -0.327 e. The Kier molecular flexibility index (Phi) is 5.15. The fourth-order valence-electron chi connectivity index (χ4n) is 3.02. The van der Waals surface area contributed by atoms with Gasteiger partial charge in [-0.1, -0.05) is 24.1 Å². The summed E-state index contributed by atoms with van der Waals surface area (Å²) < 4.78 is 51.4. The van der Waals surface area contributed by atoms with Gasteiger partial charge in [-0.3, -0.25) is 0 Å². The van der Waals surface area contributed by atoms with E-state index in [1.807, 2.05) is 0 Å². The van der Waals surface area contributed by atoms with Crippen molar-refractivity contribution in [1.29, 1.82) is 0 Å². The van der Waals surface area contributed by atoms with Crippen molar-refractivity contribution in [1.82, 2.24) is 0 Å². The van der Waals surface area contributed by atoms with Crippen LogP contribution in [0.3, 0.4) is 0 Å². The lowest BCUT2D eigenvalue weighted by atomic mass is 9.76. The molecule has 0 amide bonds. The molecule has 2 N–H and O–H groups in total. The summed E-state index contributed by atoms with van der Waals surface area (Å²) in [5, 5.41) is 0.272. The van der Waals surface area contributed by atoms with Crippen LogP contribution in [0.1, 0.15) is 31.2 Å². The summed E-state index contributed by atoms with van der Waals surface area (Å²) in [5.74, 6) is -1.87. The lowest BCUT2D eigenvalue weighted by Gasteiger charge is -2.34. The minimum absolute atomic E-state index is 0.0729. The Hall–Kier alpha value is -0.810. The highest BCUT2D eigenvalue weighted by Crippen LogP contribution is 2.41. The number of hydrogen-bond donors (Lipinski definition) is 1. The highest BCUT2D eigenvalue weighted by molar-refractivity contribution is 6.31. The number of nitrogens with two attached hydrogens (primary N) is 1. The van der Waals surface area contributed by atoms with Crippen LogP contribution in [-0.2, 0) is 6.42 Å². The van der Waals surface area contributed by atoms with Crippen LogP contribution in [0, 0.1) is 17.7 Å². The molecule has 6 heteroatoms. The molecule has 1 fully saturated rings. The van der Waals surface area contributed by atoms with E-state index in [4.69, 9.17) is 17.3 Å². The lowest BCUT2D eigenvalue weighted by Crippen LogP contribution is -2.38. The largest absolute Gasteiger partial charge is 0.391 e. The summed E-state index contributed by atoms with van der Waals surface area (Å²) in [6.07, 6.45) is -2.28. The molecule has 21 heavy (non-hydrogen) atoms. The zero-order chi connectivity index (χ0) is 15.6. The Morgan fingerprint density at radius 3 is 2.62 bits per heavy atom. The van der Waals surface area contributed by atoms with Crippen molar-refractivity contribution in [3.8, 4) is 0 Å². The van der Waals surface area contributed by atoms with Crippen LogP contribution in [0.15, 0.2) is 18.2 Å². The Bertz CT molecular complexity index is 489. The van der Waals surface area contributed by atoms with Gasteiger partial charge in [-0.2, -0.15) is 13.2 Å². The lowest BCUT2D eigenvalue weighted by molar-refractivity contribution is -0.186. The van der Waals surface area contributed by atoms with Crippen LogP contribution in [-0.4, -0.2) is 12.2 Å². The first kappa shape index (κ1) is 16.6. The molecule has 0 radical (unpaired) electrons. The van der Waals surface area contributed by atoms with E-state index in [0.29, 0.717) is 24.8 Å². The molecule has 1 aromatic rings. The van der Waals surface area contributed by atoms with Crippen molar-refractivity contribution >= 4 is 11.6 Å². The van der Waals surface area contributed by atoms with Gasteiger partial charge in [-0.05, 0) is 49.3 Å². The molecule has 118 valence electrons. The smallest absolute Gasteiger partial charge is 0.327 e. The number of rotatable bonds is 3. The summed E-state index contributed by atoms with van der Waals surface area (Å²) in [6, 6.07) is 3.64. The monoisotopic (exact) mass is 323 g/mol. The average molecular weight is 324 g/mol. The molecule has 0 aromatic heterocycles. The van der Waals surface area contributed by atoms with E-state index in [1.165, 1.54) is 12.1 Å². The second-order valence-corrected chi connectivity index (χ2v) is 6.18. The van der Waals surface area contributed by atoms with Gasteiger partial charge >= 0.3 is 6.18 Å². The van der Waals surface area contributed by atoms with Crippen LogP contribution < -0.4 is 5.73 Å². The second kappa shape index (κ2) is 6.53. The summed E-state index contributed by atoms with van der Waals surface area (Å²) in [5.41, 5.74) is 6.75. The van der Waals surface area contributed by atoms with Gasteiger partial charge in [0.25, 0.3) is 0 Å². The molecule has 0 aliphatic heterocycles. The van der Waals surface area contributed by atoms with Gasteiger partial charge in [-0.25, -0.2) is 4.39 Å². The summed E-state index contributed by atoms with van der Waals surface area (Å²) >= 11 is 5.94. The number of hydrogen-bond acceptors (Lipinski definition) is 1. The number of benzene rings is 1.